The summed E-state index contributed by atoms with van der Waals surface area (Å²) < 4.78 is -0.442. The fourth-order valence-electron chi connectivity index (χ4n) is 3.23. The van der Waals surface area contributed by atoms with Crippen LogP contribution >= 0.6 is 0 Å². The minimum absolute atomic E-state index is 0.00907. The number of rotatable bonds is 6. The quantitative estimate of drug-likeness (QED) is 0.597. The third kappa shape index (κ3) is 3.91. The lowest BCUT2D eigenvalue weighted by atomic mass is 9.69. The van der Waals surface area contributed by atoms with Gasteiger partial charge >= 0.3 is 0 Å². The molecule has 0 bridgehead atoms. The highest BCUT2D eigenvalue weighted by atomic mass is 16.5. The lowest BCUT2D eigenvalue weighted by molar-refractivity contribution is -0.865. The number of quaternary nitrogens is 1. The van der Waals surface area contributed by atoms with Gasteiger partial charge in [0.2, 0.25) is 5.91 Å². The van der Waals surface area contributed by atoms with Gasteiger partial charge in [0.05, 0.1) is 20.1 Å². The summed E-state index contributed by atoms with van der Waals surface area (Å²) in [4.78, 5) is 15.1. The fraction of sp³-hybridized carbons (Fsp3) is 0.381. The molecule has 0 aliphatic heterocycles. The SMILES string of the molecule is CC(CC(C(=O)N(C)C)(c1ccccc1)c1ccccc1)[N+](C)(C)[O-]. The van der Waals surface area contributed by atoms with E-state index in [1.165, 1.54) is 0 Å². The first kappa shape index (κ1) is 19.2. The molecule has 1 atom stereocenters. The highest BCUT2D eigenvalue weighted by molar-refractivity contribution is 5.92. The van der Waals surface area contributed by atoms with E-state index in [1.807, 2.05) is 67.6 Å². The molecular weight excluding hydrogens is 312 g/mol. The number of hydroxylamine groups is 3. The molecule has 0 aliphatic rings. The maximum absolute atomic E-state index is 13.4. The van der Waals surface area contributed by atoms with Gasteiger partial charge < -0.3 is 14.8 Å². The molecule has 0 spiro atoms. The predicted molar refractivity (Wildman–Crippen MR) is 102 cm³/mol. The van der Waals surface area contributed by atoms with E-state index in [-0.39, 0.29) is 11.9 Å². The number of carbonyl (C=O) groups excluding carboxylic acids is 1. The maximum Gasteiger partial charge on any atom is 0.237 e. The number of benzene rings is 2. The van der Waals surface area contributed by atoms with Crippen molar-refractivity contribution < 1.29 is 9.44 Å². The van der Waals surface area contributed by atoms with Gasteiger partial charge in [0.15, 0.2) is 0 Å². The van der Waals surface area contributed by atoms with E-state index in [4.69, 9.17) is 0 Å². The largest absolute Gasteiger partial charge is 0.633 e. The third-order valence-corrected chi connectivity index (χ3v) is 4.97. The third-order valence-electron chi connectivity index (χ3n) is 4.97. The molecule has 134 valence electrons. The van der Waals surface area contributed by atoms with Gasteiger partial charge in [-0.2, -0.15) is 0 Å². The summed E-state index contributed by atoms with van der Waals surface area (Å²) in [6.07, 6.45) is 0.439. The Morgan fingerprint density at radius 1 is 1.00 bits per heavy atom. The van der Waals surface area contributed by atoms with Gasteiger partial charge in [0.25, 0.3) is 0 Å². The van der Waals surface area contributed by atoms with E-state index < -0.39 is 10.1 Å². The maximum atomic E-state index is 13.4. The van der Waals surface area contributed by atoms with Crippen molar-refractivity contribution in [3.63, 3.8) is 0 Å². The fourth-order valence-corrected chi connectivity index (χ4v) is 3.23. The van der Waals surface area contributed by atoms with Crippen LogP contribution in [0.2, 0.25) is 0 Å². The molecule has 0 aromatic heterocycles. The van der Waals surface area contributed by atoms with E-state index >= 15 is 0 Å². The molecule has 0 fully saturated rings. The Bertz CT molecular complexity index is 651. The zero-order valence-corrected chi connectivity index (χ0v) is 15.8. The van der Waals surface area contributed by atoms with Gasteiger partial charge in [-0.1, -0.05) is 60.7 Å². The zero-order valence-electron chi connectivity index (χ0n) is 15.8. The lowest BCUT2D eigenvalue weighted by Gasteiger charge is -2.45. The van der Waals surface area contributed by atoms with Crippen LogP contribution in [-0.4, -0.2) is 49.7 Å². The number of carbonyl (C=O) groups is 1. The van der Waals surface area contributed by atoms with Crippen LogP contribution in [-0.2, 0) is 10.2 Å². The van der Waals surface area contributed by atoms with Crippen LogP contribution in [0.3, 0.4) is 0 Å². The van der Waals surface area contributed by atoms with E-state index in [0.717, 1.165) is 11.1 Å². The van der Waals surface area contributed by atoms with Crippen molar-refractivity contribution in [1.29, 1.82) is 0 Å². The van der Waals surface area contributed by atoms with E-state index in [2.05, 4.69) is 0 Å². The molecule has 4 heteroatoms. The van der Waals surface area contributed by atoms with Gasteiger partial charge in [-0.15, -0.1) is 0 Å². The van der Waals surface area contributed by atoms with Crippen molar-refractivity contribution in [2.45, 2.75) is 24.8 Å². The zero-order chi connectivity index (χ0) is 18.7. The summed E-state index contributed by atoms with van der Waals surface area (Å²) in [6, 6.07) is 19.3. The first-order valence-electron chi connectivity index (χ1n) is 8.57. The second-order valence-electron chi connectivity index (χ2n) is 7.32. The van der Waals surface area contributed by atoms with Crippen molar-refractivity contribution in [1.82, 2.24) is 4.90 Å². The average molecular weight is 340 g/mol. The van der Waals surface area contributed by atoms with E-state index in [0.29, 0.717) is 6.42 Å². The molecule has 2 rings (SSSR count). The Labute approximate surface area is 150 Å². The number of nitrogens with zero attached hydrogens (tertiary/aromatic N) is 2. The first-order chi connectivity index (χ1) is 11.7. The van der Waals surface area contributed by atoms with Gasteiger partial charge in [0.1, 0.15) is 5.41 Å². The second-order valence-corrected chi connectivity index (χ2v) is 7.32. The highest BCUT2D eigenvalue weighted by Crippen LogP contribution is 2.39. The molecule has 25 heavy (non-hydrogen) atoms. The Hall–Kier alpha value is -2.17. The molecule has 2 aromatic carbocycles. The molecule has 1 amide bonds. The number of likely N-dealkylation sites (N-methyl/N-ethyl adjacent to an activating group) is 1. The van der Waals surface area contributed by atoms with E-state index in [1.54, 1.807) is 33.1 Å². The Balaban J connectivity index is 2.72. The summed E-state index contributed by atoms with van der Waals surface area (Å²) in [6.45, 7) is 1.91. The molecule has 1 unspecified atom stereocenters. The monoisotopic (exact) mass is 340 g/mol. The van der Waals surface area contributed by atoms with Crippen molar-refractivity contribution in [3.05, 3.63) is 77.0 Å². The minimum atomic E-state index is -0.884. The van der Waals surface area contributed by atoms with Gasteiger partial charge in [0, 0.05) is 20.5 Å². The standard InChI is InChI=1S/C21H28N2O2/c1-17(23(4,5)25)16-21(20(24)22(2)3,18-12-8-6-9-13-18)19-14-10-7-11-15-19/h6-15,17H,16H2,1-5H3. The molecule has 2 aromatic rings. The summed E-state index contributed by atoms with van der Waals surface area (Å²) in [5, 5.41) is 12.5. The van der Waals surface area contributed by atoms with Gasteiger partial charge in [-0.3, -0.25) is 4.79 Å². The molecule has 0 saturated heterocycles. The van der Waals surface area contributed by atoms with E-state index in [9.17, 15) is 10.0 Å². The normalized spacial score (nSPS) is 13.4. The predicted octanol–water partition coefficient (Wildman–Crippen LogP) is 3.41. The summed E-state index contributed by atoms with van der Waals surface area (Å²) >= 11 is 0. The van der Waals surface area contributed by atoms with Crippen molar-refractivity contribution in [2.24, 2.45) is 0 Å². The Morgan fingerprint density at radius 3 is 1.72 bits per heavy atom. The van der Waals surface area contributed by atoms with Crippen molar-refractivity contribution in [2.75, 3.05) is 28.2 Å². The van der Waals surface area contributed by atoms with Crippen LogP contribution in [0.15, 0.2) is 60.7 Å². The lowest BCUT2D eigenvalue weighted by Crippen LogP contribution is -2.51. The number of hydrogen-bond acceptors (Lipinski definition) is 2. The van der Waals surface area contributed by atoms with Crippen LogP contribution in [0.4, 0.5) is 0 Å². The van der Waals surface area contributed by atoms with Crippen LogP contribution in [0.5, 0.6) is 0 Å². The van der Waals surface area contributed by atoms with Crippen LogP contribution in [0.25, 0.3) is 0 Å². The summed E-state index contributed by atoms with van der Waals surface area (Å²) in [7, 11) is 6.80. The van der Waals surface area contributed by atoms with Crippen molar-refractivity contribution >= 4 is 5.91 Å². The molecule has 4 nitrogen and oxygen atoms in total. The minimum Gasteiger partial charge on any atom is -0.633 e. The van der Waals surface area contributed by atoms with Gasteiger partial charge in [-0.25, -0.2) is 0 Å². The molecular formula is C21H28N2O2. The Kier molecular flexibility index (Phi) is 5.65. The first-order valence-corrected chi connectivity index (χ1v) is 8.57. The molecule has 0 heterocycles. The van der Waals surface area contributed by atoms with Crippen molar-refractivity contribution in [3.8, 4) is 0 Å². The average Bonchev–Trinajstić information content (AvgIpc) is 2.59. The number of hydrogen-bond donors (Lipinski definition) is 0. The molecule has 0 N–H and O–H groups in total. The summed E-state index contributed by atoms with van der Waals surface area (Å²) in [5.74, 6) is -0.00907. The Morgan fingerprint density at radius 2 is 1.40 bits per heavy atom. The topological polar surface area (TPSA) is 43.4 Å². The van der Waals surface area contributed by atoms with Gasteiger partial charge in [-0.05, 0) is 18.1 Å². The van der Waals surface area contributed by atoms with Crippen LogP contribution < -0.4 is 0 Å². The second kappa shape index (κ2) is 7.38. The highest BCUT2D eigenvalue weighted by Gasteiger charge is 2.45. The van der Waals surface area contributed by atoms with Crippen LogP contribution in [0.1, 0.15) is 24.5 Å². The summed E-state index contributed by atoms with van der Waals surface area (Å²) in [5.41, 5.74) is 0.950. The smallest absolute Gasteiger partial charge is 0.237 e. The van der Waals surface area contributed by atoms with Crippen LogP contribution in [0, 0.1) is 5.21 Å². The molecule has 0 saturated carbocycles. The molecule has 0 radical (unpaired) electrons. The number of amides is 1. The molecule has 0 aliphatic carbocycles.